The first kappa shape index (κ1) is 14.5. The van der Waals surface area contributed by atoms with Crippen LogP contribution in [0, 0.1) is 0 Å². The normalized spacial score (nSPS) is 10.5. The van der Waals surface area contributed by atoms with Crippen molar-refractivity contribution in [1.82, 2.24) is 5.32 Å². The van der Waals surface area contributed by atoms with Crippen LogP contribution in [0.5, 0.6) is 0 Å². The largest absolute Gasteiger partial charge is 0.465 e. The number of nitrogens with one attached hydrogen (secondary N) is 1. The summed E-state index contributed by atoms with van der Waals surface area (Å²) in [7, 11) is 0. The van der Waals surface area contributed by atoms with Crippen molar-refractivity contribution in [3.05, 3.63) is 12.3 Å². The summed E-state index contributed by atoms with van der Waals surface area (Å²) in [6.07, 6.45) is 0. The van der Waals surface area contributed by atoms with Crippen LogP contribution in [0.1, 0.15) is 27.7 Å². The molecule has 5 heteroatoms. The second kappa shape index (κ2) is 6.15. The number of carbonyl (C=O) groups is 2. The van der Waals surface area contributed by atoms with Crippen LogP contribution in [0.15, 0.2) is 12.3 Å². The summed E-state index contributed by atoms with van der Waals surface area (Å²) >= 11 is 0. The maximum Gasteiger partial charge on any atom is 0.354 e. The van der Waals surface area contributed by atoms with Crippen molar-refractivity contribution in [2.45, 2.75) is 33.3 Å². The van der Waals surface area contributed by atoms with Crippen LogP contribution in [0.3, 0.4) is 0 Å². The fraction of sp³-hybridized carbons (Fsp3) is 0.636. The highest BCUT2D eigenvalue weighted by Crippen LogP contribution is 2.08. The number of ether oxygens (including phenoxy) is 2. The molecule has 0 amide bonds. The average molecular weight is 229 g/mol. The predicted molar refractivity (Wildman–Crippen MR) is 59.6 cm³/mol. The molecule has 0 aromatic heterocycles. The Morgan fingerprint density at radius 2 is 1.88 bits per heavy atom. The molecule has 1 N–H and O–H groups in total. The Bertz CT molecular complexity index is 278. The van der Waals surface area contributed by atoms with Gasteiger partial charge in [-0.25, -0.2) is 4.79 Å². The Morgan fingerprint density at radius 1 is 1.31 bits per heavy atom. The zero-order valence-electron chi connectivity index (χ0n) is 10.3. The van der Waals surface area contributed by atoms with Crippen LogP contribution >= 0.6 is 0 Å². The molecule has 5 nitrogen and oxygen atoms in total. The lowest BCUT2D eigenvalue weighted by Crippen LogP contribution is -2.32. The molecule has 0 aliphatic carbocycles. The number of esters is 2. The Morgan fingerprint density at radius 3 is 2.31 bits per heavy atom. The average Bonchev–Trinajstić information content (AvgIpc) is 2.11. The number of carbonyl (C=O) groups excluding carboxylic acids is 2. The molecule has 0 aromatic rings. The predicted octanol–water partition coefficient (Wildman–Crippen LogP) is 0.994. The second-order valence-corrected chi connectivity index (χ2v) is 4.14. The molecule has 0 aliphatic rings. The minimum Gasteiger partial charge on any atom is -0.465 e. The van der Waals surface area contributed by atoms with Crippen molar-refractivity contribution < 1.29 is 19.1 Å². The van der Waals surface area contributed by atoms with Crippen molar-refractivity contribution in [2.75, 3.05) is 13.2 Å². The number of hydrogen-bond donors (Lipinski definition) is 1. The molecule has 0 rings (SSSR count). The quantitative estimate of drug-likeness (QED) is 0.562. The lowest BCUT2D eigenvalue weighted by atomic mass is 10.2. The molecule has 0 aliphatic heterocycles. The Balaban J connectivity index is 3.98. The maximum absolute atomic E-state index is 11.4. The van der Waals surface area contributed by atoms with Crippen molar-refractivity contribution in [3.8, 4) is 0 Å². The van der Waals surface area contributed by atoms with Gasteiger partial charge in [-0.1, -0.05) is 6.58 Å². The number of rotatable bonds is 5. The molecule has 0 fully saturated rings. The van der Waals surface area contributed by atoms with E-state index in [0.29, 0.717) is 6.61 Å². The van der Waals surface area contributed by atoms with Crippen molar-refractivity contribution in [3.63, 3.8) is 0 Å². The van der Waals surface area contributed by atoms with Crippen LogP contribution in [-0.4, -0.2) is 30.7 Å². The summed E-state index contributed by atoms with van der Waals surface area (Å²) in [6.45, 7) is 10.7. The number of hydrogen-bond acceptors (Lipinski definition) is 5. The highest BCUT2D eigenvalue weighted by atomic mass is 16.6. The van der Waals surface area contributed by atoms with Gasteiger partial charge < -0.3 is 14.8 Å². The van der Waals surface area contributed by atoms with E-state index in [4.69, 9.17) is 4.74 Å². The van der Waals surface area contributed by atoms with Crippen LogP contribution in [0.4, 0.5) is 0 Å². The van der Waals surface area contributed by atoms with Gasteiger partial charge in [0.1, 0.15) is 17.8 Å². The first-order valence-electron chi connectivity index (χ1n) is 5.08. The van der Waals surface area contributed by atoms with Crippen molar-refractivity contribution in [2.24, 2.45) is 0 Å². The molecule has 0 bridgehead atoms. The van der Waals surface area contributed by atoms with Gasteiger partial charge in [-0.15, -0.1) is 0 Å². The topological polar surface area (TPSA) is 64.6 Å². The highest BCUT2D eigenvalue weighted by Gasteiger charge is 2.18. The summed E-state index contributed by atoms with van der Waals surface area (Å²) < 4.78 is 9.72. The van der Waals surface area contributed by atoms with Gasteiger partial charge in [0.05, 0.1) is 6.61 Å². The molecule has 0 radical (unpaired) electrons. The van der Waals surface area contributed by atoms with Crippen LogP contribution < -0.4 is 5.32 Å². The van der Waals surface area contributed by atoms with E-state index < -0.39 is 17.5 Å². The molecule has 0 heterocycles. The van der Waals surface area contributed by atoms with E-state index in [-0.39, 0.29) is 12.2 Å². The van der Waals surface area contributed by atoms with Gasteiger partial charge in [-0.2, -0.15) is 0 Å². The van der Waals surface area contributed by atoms with E-state index >= 15 is 0 Å². The van der Waals surface area contributed by atoms with E-state index in [9.17, 15) is 9.59 Å². The van der Waals surface area contributed by atoms with Gasteiger partial charge in [0.2, 0.25) is 0 Å². The maximum atomic E-state index is 11.4. The third-order valence-corrected chi connectivity index (χ3v) is 1.40. The Hall–Kier alpha value is -1.52. The zero-order chi connectivity index (χ0) is 12.8. The molecule has 0 atom stereocenters. The summed E-state index contributed by atoms with van der Waals surface area (Å²) in [5.74, 6) is -1.01. The summed E-state index contributed by atoms with van der Waals surface area (Å²) in [5, 5.41) is 2.55. The third-order valence-electron chi connectivity index (χ3n) is 1.40. The minimum absolute atomic E-state index is 0.0444. The molecule has 0 saturated heterocycles. The Kier molecular flexibility index (Phi) is 5.56. The van der Waals surface area contributed by atoms with E-state index in [1.165, 1.54) is 0 Å². The molecule has 0 unspecified atom stereocenters. The van der Waals surface area contributed by atoms with Gasteiger partial charge >= 0.3 is 11.9 Å². The van der Waals surface area contributed by atoms with Gasteiger partial charge in [-0.05, 0) is 27.7 Å². The standard InChI is InChI=1S/C11H19NO4/c1-6-15-9(13)7-12-8(2)10(14)16-11(3,4)5/h12H,2,6-7H2,1,3-5H3. The van der Waals surface area contributed by atoms with E-state index in [1.807, 2.05) is 0 Å². The van der Waals surface area contributed by atoms with E-state index in [1.54, 1.807) is 27.7 Å². The molecule has 92 valence electrons. The lowest BCUT2D eigenvalue weighted by molar-refractivity contribution is -0.150. The Labute approximate surface area is 95.8 Å². The van der Waals surface area contributed by atoms with Crippen molar-refractivity contribution >= 4 is 11.9 Å². The third kappa shape index (κ3) is 6.86. The van der Waals surface area contributed by atoms with E-state index in [0.717, 1.165) is 0 Å². The SMILES string of the molecule is C=C(NCC(=O)OCC)C(=O)OC(C)(C)C. The minimum atomic E-state index is -0.578. The second-order valence-electron chi connectivity index (χ2n) is 4.14. The summed E-state index contributed by atoms with van der Waals surface area (Å²) in [4.78, 5) is 22.4. The smallest absolute Gasteiger partial charge is 0.354 e. The molecular weight excluding hydrogens is 210 g/mol. The summed E-state index contributed by atoms with van der Waals surface area (Å²) in [5.41, 5.74) is -0.533. The van der Waals surface area contributed by atoms with Gasteiger partial charge in [0, 0.05) is 0 Å². The zero-order valence-corrected chi connectivity index (χ0v) is 10.3. The fourth-order valence-electron chi connectivity index (χ4n) is 0.803. The fourth-order valence-corrected chi connectivity index (χ4v) is 0.803. The van der Waals surface area contributed by atoms with Gasteiger partial charge in [0.25, 0.3) is 0 Å². The van der Waals surface area contributed by atoms with E-state index in [2.05, 4.69) is 16.6 Å². The molecule has 16 heavy (non-hydrogen) atoms. The first-order valence-corrected chi connectivity index (χ1v) is 5.08. The molecule has 0 aromatic carbocycles. The highest BCUT2D eigenvalue weighted by molar-refractivity contribution is 5.88. The van der Waals surface area contributed by atoms with Crippen LogP contribution in [-0.2, 0) is 19.1 Å². The monoisotopic (exact) mass is 229 g/mol. The molecule has 0 saturated carbocycles. The van der Waals surface area contributed by atoms with Gasteiger partial charge in [0.15, 0.2) is 0 Å². The molecule has 0 spiro atoms. The first-order chi connectivity index (χ1) is 7.26. The molecular formula is C11H19NO4. The van der Waals surface area contributed by atoms with Crippen LogP contribution in [0.25, 0.3) is 0 Å². The lowest BCUT2D eigenvalue weighted by Gasteiger charge is -2.20. The van der Waals surface area contributed by atoms with Crippen LogP contribution in [0.2, 0.25) is 0 Å². The van der Waals surface area contributed by atoms with Gasteiger partial charge in [-0.3, -0.25) is 4.79 Å². The summed E-state index contributed by atoms with van der Waals surface area (Å²) in [6, 6.07) is 0. The van der Waals surface area contributed by atoms with Crippen molar-refractivity contribution in [1.29, 1.82) is 0 Å².